The van der Waals surface area contributed by atoms with Gasteiger partial charge < -0.3 is 24.7 Å². The van der Waals surface area contributed by atoms with Crippen molar-refractivity contribution in [1.29, 1.82) is 0 Å². The van der Waals surface area contributed by atoms with Gasteiger partial charge in [0.1, 0.15) is 11.3 Å². The molecule has 0 aliphatic carbocycles. The van der Waals surface area contributed by atoms with E-state index in [0.717, 1.165) is 24.6 Å². The standard InChI is InChI=1S/C14H20N2O5S/c1-9-3-2-4-15(9)11(17)10-5-22-12(13(18)19)16(10)6-14(20)7-21-8-14/h5,9,12,20H,2-4,6-8H2,1H3,(H,18,19)/t9?,12-/m0/s1. The molecule has 2 saturated heterocycles. The number of thioether (sulfide) groups is 1. The fourth-order valence-corrected chi connectivity index (χ4v) is 4.00. The molecule has 1 unspecified atom stereocenters. The molecule has 8 heteroatoms. The first-order valence-electron chi connectivity index (χ1n) is 7.37. The predicted molar refractivity (Wildman–Crippen MR) is 80.0 cm³/mol. The SMILES string of the molecule is CC1CCCN1C(=O)C1=CS[C@@H](C(=O)O)N1CC1(O)COC1. The Morgan fingerprint density at radius 1 is 1.50 bits per heavy atom. The Morgan fingerprint density at radius 2 is 2.23 bits per heavy atom. The molecule has 0 spiro atoms. The Bertz CT molecular complexity index is 519. The Hall–Kier alpha value is -1.25. The van der Waals surface area contributed by atoms with Crippen molar-refractivity contribution in [2.45, 2.75) is 36.8 Å². The molecule has 3 aliphatic rings. The summed E-state index contributed by atoms with van der Waals surface area (Å²) in [4.78, 5) is 27.4. The van der Waals surface area contributed by atoms with E-state index in [0.29, 0.717) is 12.2 Å². The number of carbonyl (C=O) groups excluding carboxylic acids is 1. The molecule has 122 valence electrons. The van der Waals surface area contributed by atoms with E-state index in [4.69, 9.17) is 4.74 Å². The minimum Gasteiger partial charge on any atom is -0.479 e. The summed E-state index contributed by atoms with van der Waals surface area (Å²) in [5.41, 5.74) is -0.708. The molecule has 0 saturated carbocycles. The van der Waals surface area contributed by atoms with Crippen molar-refractivity contribution < 1.29 is 24.5 Å². The van der Waals surface area contributed by atoms with Gasteiger partial charge in [0.05, 0.1) is 19.8 Å². The molecule has 1 amide bonds. The molecule has 2 atom stereocenters. The smallest absolute Gasteiger partial charge is 0.337 e. The lowest BCUT2D eigenvalue weighted by Crippen LogP contribution is -2.59. The number of carboxylic acids is 1. The second-order valence-corrected chi connectivity index (χ2v) is 7.12. The van der Waals surface area contributed by atoms with Crippen LogP contribution in [0.25, 0.3) is 0 Å². The highest BCUT2D eigenvalue weighted by Crippen LogP contribution is 2.35. The van der Waals surface area contributed by atoms with Crippen LogP contribution < -0.4 is 0 Å². The number of amides is 1. The number of likely N-dealkylation sites (tertiary alicyclic amines) is 1. The van der Waals surface area contributed by atoms with Crippen LogP contribution in [0, 0.1) is 0 Å². The third-order valence-corrected chi connectivity index (χ3v) is 5.42. The van der Waals surface area contributed by atoms with Crippen LogP contribution in [-0.2, 0) is 14.3 Å². The molecule has 0 aromatic heterocycles. The molecule has 7 nitrogen and oxygen atoms in total. The average molecular weight is 328 g/mol. The highest BCUT2D eigenvalue weighted by atomic mass is 32.2. The first-order valence-corrected chi connectivity index (χ1v) is 8.32. The molecule has 0 aromatic carbocycles. The van der Waals surface area contributed by atoms with Gasteiger partial charge in [0.15, 0.2) is 5.37 Å². The zero-order valence-electron chi connectivity index (χ0n) is 12.4. The topological polar surface area (TPSA) is 90.3 Å². The summed E-state index contributed by atoms with van der Waals surface area (Å²) in [7, 11) is 0. The highest BCUT2D eigenvalue weighted by Gasteiger charge is 2.45. The third-order valence-electron chi connectivity index (χ3n) is 4.35. The van der Waals surface area contributed by atoms with Gasteiger partial charge in [0.2, 0.25) is 0 Å². The van der Waals surface area contributed by atoms with Gasteiger partial charge in [-0.05, 0) is 19.8 Å². The van der Waals surface area contributed by atoms with Gasteiger partial charge in [-0.1, -0.05) is 11.8 Å². The Labute approximate surface area is 132 Å². The van der Waals surface area contributed by atoms with Gasteiger partial charge in [-0.2, -0.15) is 0 Å². The summed E-state index contributed by atoms with van der Waals surface area (Å²) in [5, 5.41) is 20.4. The lowest BCUT2D eigenvalue weighted by atomic mass is 10.0. The lowest BCUT2D eigenvalue weighted by Gasteiger charge is -2.41. The quantitative estimate of drug-likeness (QED) is 0.754. The van der Waals surface area contributed by atoms with Gasteiger partial charge in [0.25, 0.3) is 5.91 Å². The van der Waals surface area contributed by atoms with Gasteiger partial charge in [-0.15, -0.1) is 0 Å². The second-order valence-electron chi connectivity index (χ2n) is 6.16. The number of aliphatic hydroxyl groups is 1. The molecular weight excluding hydrogens is 308 g/mol. The molecule has 2 fully saturated rings. The van der Waals surface area contributed by atoms with Crippen molar-refractivity contribution in [3.8, 4) is 0 Å². The maximum Gasteiger partial charge on any atom is 0.337 e. The summed E-state index contributed by atoms with van der Waals surface area (Å²) in [6, 6.07) is 0.166. The predicted octanol–water partition coefficient (Wildman–Crippen LogP) is 0.0595. The molecule has 2 N–H and O–H groups in total. The summed E-state index contributed by atoms with van der Waals surface area (Å²) >= 11 is 1.10. The zero-order chi connectivity index (χ0) is 15.9. The van der Waals surface area contributed by atoms with Crippen molar-refractivity contribution in [1.82, 2.24) is 9.80 Å². The first kappa shape index (κ1) is 15.6. The van der Waals surface area contributed by atoms with Gasteiger partial charge in [0, 0.05) is 18.0 Å². The van der Waals surface area contributed by atoms with E-state index in [2.05, 4.69) is 0 Å². The Balaban J connectivity index is 1.78. The van der Waals surface area contributed by atoms with Gasteiger partial charge in [-0.3, -0.25) is 4.79 Å². The highest BCUT2D eigenvalue weighted by molar-refractivity contribution is 8.03. The van der Waals surface area contributed by atoms with E-state index in [-0.39, 0.29) is 31.7 Å². The van der Waals surface area contributed by atoms with Crippen LogP contribution in [0.2, 0.25) is 0 Å². The van der Waals surface area contributed by atoms with E-state index >= 15 is 0 Å². The maximum absolute atomic E-state index is 12.7. The minimum absolute atomic E-state index is 0.0940. The number of hydrogen-bond acceptors (Lipinski definition) is 6. The normalized spacial score (nSPS) is 30.2. The van der Waals surface area contributed by atoms with Crippen molar-refractivity contribution in [3.63, 3.8) is 0 Å². The minimum atomic E-state index is -1.07. The number of hydrogen-bond donors (Lipinski definition) is 2. The van der Waals surface area contributed by atoms with E-state index in [1.807, 2.05) is 6.92 Å². The largest absolute Gasteiger partial charge is 0.479 e. The second kappa shape index (κ2) is 5.75. The van der Waals surface area contributed by atoms with E-state index in [1.54, 1.807) is 10.3 Å². The van der Waals surface area contributed by atoms with E-state index < -0.39 is 16.9 Å². The van der Waals surface area contributed by atoms with Crippen LogP contribution in [0.3, 0.4) is 0 Å². The van der Waals surface area contributed by atoms with Gasteiger partial charge in [-0.25, -0.2) is 4.79 Å². The Kier molecular flexibility index (Phi) is 4.09. The zero-order valence-corrected chi connectivity index (χ0v) is 13.2. The average Bonchev–Trinajstić information content (AvgIpc) is 3.02. The number of rotatable bonds is 4. The fourth-order valence-electron chi connectivity index (χ4n) is 3.06. The number of carboxylic acid groups (broad SMARTS) is 1. The number of β-amino-alcohol motifs (C(OH)–C–C–N with tert-alkyl or cyclic N) is 1. The molecule has 3 aliphatic heterocycles. The molecule has 22 heavy (non-hydrogen) atoms. The third kappa shape index (κ3) is 2.70. The monoisotopic (exact) mass is 328 g/mol. The van der Waals surface area contributed by atoms with E-state index in [1.165, 1.54) is 4.90 Å². The molecule has 0 aromatic rings. The van der Waals surface area contributed by atoms with E-state index in [9.17, 15) is 19.8 Å². The number of nitrogens with zero attached hydrogens (tertiary/aromatic N) is 2. The molecular formula is C14H20N2O5S. The number of carbonyl (C=O) groups is 2. The van der Waals surface area contributed by atoms with Gasteiger partial charge >= 0.3 is 5.97 Å². The maximum atomic E-state index is 12.7. The molecule has 3 rings (SSSR count). The fraction of sp³-hybridized carbons (Fsp3) is 0.714. The van der Waals surface area contributed by atoms with Crippen LogP contribution in [0.5, 0.6) is 0 Å². The molecule has 0 bridgehead atoms. The van der Waals surface area contributed by atoms with Crippen LogP contribution in [-0.4, -0.2) is 75.2 Å². The van der Waals surface area contributed by atoms with Crippen LogP contribution >= 0.6 is 11.8 Å². The first-order chi connectivity index (χ1) is 10.4. The number of aliphatic carboxylic acids is 1. The summed E-state index contributed by atoms with van der Waals surface area (Å²) in [6.07, 6.45) is 1.93. The lowest BCUT2D eigenvalue weighted by molar-refractivity contribution is -0.186. The Morgan fingerprint density at radius 3 is 2.73 bits per heavy atom. The molecule has 3 heterocycles. The molecule has 0 radical (unpaired) electrons. The van der Waals surface area contributed by atoms with Crippen molar-refractivity contribution in [2.24, 2.45) is 0 Å². The number of ether oxygens (including phenoxy) is 1. The van der Waals surface area contributed by atoms with Crippen molar-refractivity contribution in [2.75, 3.05) is 26.3 Å². The van der Waals surface area contributed by atoms with Crippen molar-refractivity contribution >= 4 is 23.6 Å². The summed E-state index contributed by atoms with van der Waals surface area (Å²) < 4.78 is 5.01. The van der Waals surface area contributed by atoms with Crippen LogP contribution in [0.15, 0.2) is 11.1 Å². The summed E-state index contributed by atoms with van der Waals surface area (Å²) in [5.74, 6) is -1.16. The van der Waals surface area contributed by atoms with Crippen LogP contribution in [0.1, 0.15) is 19.8 Å². The summed E-state index contributed by atoms with van der Waals surface area (Å²) in [6.45, 7) is 3.13. The van der Waals surface area contributed by atoms with Crippen molar-refractivity contribution in [3.05, 3.63) is 11.1 Å². The van der Waals surface area contributed by atoms with Crippen LogP contribution in [0.4, 0.5) is 0 Å².